The topological polar surface area (TPSA) is 0 Å². The summed E-state index contributed by atoms with van der Waals surface area (Å²) in [4.78, 5) is 1.65. The maximum atomic E-state index is 2.33. The van der Waals surface area contributed by atoms with Crippen LogP contribution in [0.25, 0.3) is 0 Å². The maximum absolute atomic E-state index is 2.33. The van der Waals surface area contributed by atoms with Gasteiger partial charge in [0.05, 0.1) is 0 Å². The van der Waals surface area contributed by atoms with Crippen LogP contribution < -0.4 is 0 Å². The van der Waals surface area contributed by atoms with Crippen molar-refractivity contribution in [3.05, 3.63) is 21.9 Å². The van der Waals surface area contributed by atoms with Crippen LogP contribution in [-0.2, 0) is 12.8 Å². The van der Waals surface area contributed by atoms with Crippen molar-refractivity contribution in [3.8, 4) is 0 Å². The largest absolute Gasteiger partial charge is 0.149 e. The first-order valence-electron chi connectivity index (χ1n) is 6.43. The lowest BCUT2D eigenvalue weighted by atomic mass is 10.1. The maximum Gasteiger partial charge on any atom is 0.00772 e. The third-order valence-electron chi connectivity index (χ3n) is 2.89. The van der Waals surface area contributed by atoms with Gasteiger partial charge in [-0.05, 0) is 42.7 Å². The molecule has 1 heterocycles. The highest BCUT2D eigenvalue weighted by atomic mass is 32.1. The molecule has 0 saturated heterocycles. The zero-order chi connectivity index (χ0) is 10.9. The van der Waals surface area contributed by atoms with E-state index in [0.29, 0.717) is 0 Å². The Balaban J connectivity index is 2.29. The third-order valence-corrected chi connectivity index (χ3v) is 3.92. The van der Waals surface area contributed by atoms with Crippen LogP contribution in [0.2, 0.25) is 0 Å². The van der Waals surface area contributed by atoms with Crippen LogP contribution >= 0.6 is 11.3 Å². The summed E-state index contributed by atoms with van der Waals surface area (Å²) in [5.41, 5.74) is 1.63. The Kier molecular flexibility index (Phi) is 6.74. The van der Waals surface area contributed by atoms with Gasteiger partial charge < -0.3 is 0 Å². The number of aryl methyl sites for hydroxylation is 2. The van der Waals surface area contributed by atoms with Crippen LogP contribution in [0.3, 0.4) is 0 Å². The van der Waals surface area contributed by atoms with Crippen molar-refractivity contribution < 1.29 is 0 Å². The van der Waals surface area contributed by atoms with Gasteiger partial charge in [-0.2, -0.15) is 0 Å². The van der Waals surface area contributed by atoms with E-state index in [4.69, 9.17) is 0 Å². The number of hydrogen-bond donors (Lipinski definition) is 0. The van der Waals surface area contributed by atoms with Gasteiger partial charge in [-0.3, -0.25) is 0 Å². The van der Waals surface area contributed by atoms with Crippen molar-refractivity contribution in [2.45, 2.75) is 65.2 Å². The first-order valence-corrected chi connectivity index (χ1v) is 7.31. The van der Waals surface area contributed by atoms with Crippen molar-refractivity contribution >= 4 is 11.3 Å². The van der Waals surface area contributed by atoms with Crippen molar-refractivity contribution in [1.29, 1.82) is 0 Å². The molecule has 0 fully saturated rings. The normalized spacial score (nSPS) is 10.8. The number of rotatable bonds is 8. The number of hydrogen-bond acceptors (Lipinski definition) is 1. The summed E-state index contributed by atoms with van der Waals surface area (Å²) in [6, 6.07) is 2.33. The fourth-order valence-corrected chi connectivity index (χ4v) is 2.87. The molecule has 86 valence electrons. The monoisotopic (exact) mass is 224 g/mol. The second kappa shape index (κ2) is 7.92. The summed E-state index contributed by atoms with van der Waals surface area (Å²) in [5, 5.41) is 2.26. The van der Waals surface area contributed by atoms with Crippen LogP contribution in [0.1, 0.15) is 62.8 Å². The second-order valence-corrected chi connectivity index (χ2v) is 5.28. The molecule has 1 rings (SSSR count). The molecule has 0 saturated carbocycles. The summed E-state index contributed by atoms with van der Waals surface area (Å²) in [6.07, 6.45) is 10.8. The molecule has 0 atom stereocenters. The Morgan fingerprint density at radius 2 is 1.73 bits per heavy atom. The molecule has 0 aliphatic carbocycles. The van der Waals surface area contributed by atoms with Gasteiger partial charge in [-0.1, -0.05) is 39.5 Å². The van der Waals surface area contributed by atoms with Crippen LogP contribution in [-0.4, -0.2) is 0 Å². The van der Waals surface area contributed by atoms with E-state index in [2.05, 4.69) is 25.3 Å². The standard InChI is InChI=1S/C14H24S/c1-3-5-7-8-9-13-11-12-15-14(13)10-6-4-2/h11-12H,3-10H2,1-2H3. The molecule has 0 bridgehead atoms. The predicted octanol–water partition coefficient (Wildman–Crippen LogP) is 5.21. The summed E-state index contributed by atoms with van der Waals surface area (Å²) in [5.74, 6) is 0. The van der Waals surface area contributed by atoms with Gasteiger partial charge in [0.25, 0.3) is 0 Å². The second-order valence-electron chi connectivity index (χ2n) is 4.28. The highest BCUT2D eigenvalue weighted by Crippen LogP contribution is 2.21. The lowest BCUT2D eigenvalue weighted by Crippen LogP contribution is -1.89. The predicted molar refractivity (Wildman–Crippen MR) is 70.8 cm³/mol. The van der Waals surface area contributed by atoms with Crippen molar-refractivity contribution in [3.63, 3.8) is 0 Å². The highest BCUT2D eigenvalue weighted by Gasteiger charge is 2.03. The summed E-state index contributed by atoms with van der Waals surface area (Å²) in [6.45, 7) is 4.55. The molecule has 1 aromatic heterocycles. The molecule has 0 radical (unpaired) electrons. The molecule has 0 unspecified atom stereocenters. The third kappa shape index (κ3) is 4.83. The molecule has 0 aliphatic heterocycles. The van der Waals surface area contributed by atoms with Crippen LogP contribution in [0.15, 0.2) is 11.4 Å². The van der Waals surface area contributed by atoms with E-state index in [1.807, 2.05) is 11.3 Å². The molecule has 0 nitrogen and oxygen atoms in total. The van der Waals surface area contributed by atoms with Crippen LogP contribution in [0.5, 0.6) is 0 Å². The Morgan fingerprint density at radius 1 is 0.933 bits per heavy atom. The van der Waals surface area contributed by atoms with E-state index in [0.717, 1.165) is 0 Å². The van der Waals surface area contributed by atoms with Crippen molar-refractivity contribution in [1.82, 2.24) is 0 Å². The van der Waals surface area contributed by atoms with Crippen LogP contribution in [0.4, 0.5) is 0 Å². The Morgan fingerprint density at radius 3 is 2.47 bits per heavy atom. The average molecular weight is 224 g/mol. The molecule has 0 aliphatic rings. The van der Waals surface area contributed by atoms with E-state index in [1.165, 1.54) is 51.4 Å². The summed E-state index contributed by atoms with van der Waals surface area (Å²) in [7, 11) is 0. The Bertz CT molecular complexity index is 250. The molecule has 1 heteroatoms. The fraction of sp³-hybridized carbons (Fsp3) is 0.714. The van der Waals surface area contributed by atoms with Gasteiger partial charge >= 0.3 is 0 Å². The van der Waals surface area contributed by atoms with E-state index >= 15 is 0 Å². The smallest absolute Gasteiger partial charge is 0.00772 e. The van der Waals surface area contributed by atoms with Gasteiger partial charge in [0.2, 0.25) is 0 Å². The molecule has 0 amide bonds. The minimum atomic E-state index is 1.30. The minimum Gasteiger partial charge on any atom is -0.149 e. The Labute approximate surface area is 98.7 Å². The van der Waals surface area contributed by atoms with Crippen LogP contribution in [0, 0.1) is 0 Å². The lowest BCUT2D eigenvalue weighted by Gasteiger charge is -2.03. The highest BCUT2D eigenvalue weighted by molar-refractivity contribution is 7.10. The average Bonchev–Trinajstić information content (AvgIpc) is 2.69. The van der Waals surface area contributed by atoms with E-state index in [9.17, 15) is 0 Å². The molecule has 15 heavy (non-hydrogen) atoms. The number of unbranched alkanes of at least 4 members (excludes halogenated alkanes) is 4. The van der Waals surface area contributed by atoms with E-state index in [1.54, 1.807) is 10.4 Å². The molecule has 0 N–H and O–H groups in total. The van der Waals surface area contributed by atoms with Crippen molar-refractivity contribution in [2.75, 3.05) is 0 Å². The molecule has 0 aromatic carbocycles. The van der Waals surface area contributed by atoms with Gasteiger partial charge in [0, 0.05) is 4.88 Å². The zero-order valence-electron chi connectivity index (χ0n) is 10.2. The van der Waals surface area contributed by atoms with Gasteiger partial charge in [-0.25, -0.2) is 0 Å². The fourth-order valence-electron chi connectivity index (χ4n) is 1.89. The summed E-state index contributed by atoms with van der Waals surface area (Å²) < 4.78 is 0. The van der Waals surface area contributed by atoms with Gasteiger partial charge in [-0.15, -0.1) is 11.3 Å². The molecule has 1 aromatic rings. The SMILES string of the molecule is CCCCCCc1ccsc1CCCC. The molecular weight excluding hydrogens is 200 g/mol. The first kappa shape index (κ1) is 12.8. The molecular formula is C14H24S. The van der Waals surface area contributed by atoms with Gasteiger partial charge in [0.15, 0.2) is 0 Å². The van der Waals surface area contributed by atoms with Crippen molar-refractivity contribution in [2.24, 2.45) is 0 Å². The first-order chi connectivity index (χ1) is 7.38. The summed E-state index contributed by atoms with van der Waals surface area (Å²) >= 11 is 1.95. The van der Waals surface area contributed by atoms with E-state index in [-0.39, 0.29) is 0 Å². The van der Waals surface area contributed by atoms with E-state index < -0.39 is 0 Å². The lowest BCUT2D eigenvalue weighted by molar-refractivity contribution is 0.664. The zero-order valence-corrected chi connectivity index (χ0v) is 11.0. The Hall–Kier alpha value is -0.300. The minimum absolute atomic E-state index is 1.30. The molecule has 0 spiro atoms. The van der Waals surface area contributed by atoms with Gasteiger partial charge in [0.1, 0.15) is 0 Å². The number of thiophene rings is 1. The quantitative estimate of drug-likeness (QED) is 0.531.